The molecule has 0 fully saturated rings. The van der Waals surface area contributed by atoms with Gasteiger partial charge in [-0.2, -0.15) is 0 Å². The molecule has 0 aliphatic rings. The van der Waals surface area contributed by atoms with Gasteiger partial charge in [0.25, 0.3) is 6.47 Å². The number of esters is 2. The van der Waals surface area contributed by atoms with Crippen LogP contribution in [0, 0.1) is 0 Å². The summed E-state index contributed by atoms with van der Waals surface area (Å²) in [6.07, 6.45) is 0. The molecule has 0 aliphatic heterocycles. The third kappa shape index (κ3) is 4.33. The van der Waals surface area contributed by atoms with Crippen molar-refractivity contribution in [2.24, 2.45) is 0 Å². The molecular weight excluding hydrogens is 228 g/mol. The molecule has 0 aromatic heterocycles. The van der Waals surface area contributed by atoms with Crippen molar-refractivity contribution in [2.45, 2.75) is 13.8 Å². The normalized spacial score (nSPS) is 9.29. The van der Waals surface area contributed by atoms with Crippen LogP contribution in [-0.4, -0.2) is 18.4 Å². The van der Waals surface area contributed by atoms with Crippen LogP contribution in [0.1, 0.15) is 13.8 Å². The van der Waals surface area contributed by atoms with Gasteiger partial charge in [0.1, 0.15) is 17.2 Å². The first kappa shape index (κ1) is 12.7. The monoisotopic (exact) mass is 238 g/mol. The molecule has 6 nitrogen and oxygen atoms in total. The second-order valence-corrected chi connectivity index (χ2v) is 3.04. The summed E-state index contributed by atoms with van der Waals surface area (Å²) >= 11 is 0. The smallest absolute Gasteiger partial charge is 0.308 e. The number of ether oxygens (including phenoxy) is 3. The number of carbonyl (C=O) groups excluding carboxylic acids is 3. The first-order valence-electron chi connectivity index (χ1n) is 4.63. The largest absolute Gasteiger partial charge is 0.428 e. The molecule has 0 atom stereocenters. The highest BCUT2D eigenvalue weighted by Gasteiger charge is 2.07. The van der Waals surface area contributed by atoms with Crippen molar-refractivity contribution >= 4 is 18.4 Å². The lowest BCUT2D eigenvalue weighted by molar-refractivity contribution is -0.132. The Bertz CT molecular complexity index is 417. The zero-order chi connectivity index (χ0) is 12.8. The molecule has 0 radical (unpaired) electrons. The second-order valence-electron chi connectivity index (χ2n) is 3.04. The van der Waals surface area contributed by atoms with Gasteiger partial charge in [-0.1, -0.05) is 0 Å². The van der Waals surface area contributed by atoms with Gasteiger partial charge in [0, 0.05) is 32.0 Å². The van der Waals surface area contributed by atoms with Gasteiger partial charge in [0.05, 0.1) is 0 Å². The Morgan fingerprint density at radius 3 is 1.71 bits per heavy atom. The molecule has 17 heavy (non-hydrogen) atoms. The molecule has 0 amide bonds. The molecule has 0 bridgehead atoms. The number of rotatable bonds is 4. The standard InChI is InChI=1S/C11H10O6/c1-7(13)16-10-3-9(15-6-12)4-11(5-10)17-8(2)14/h3-6H,1-2H3. The third-order valence-electron chi connectivity index (χ3n) is 1.56. The molecule has 1 aromatic carbocycles. The lowest BCUT2D eigenvalue weighted by Gasteiger charge is -2.07. The third-order valence-corrected chi connectivity index (χ3v) is 1.56. The molecule has 0 saturated heterocycles. The van der Waals surface area contributed by atoms with Crippen LogP contribution in [0.4, 0.5) is 0 Å². The van der Waals surface area contributed by atoms with Crippen LogP contribution < -0.4 is 14.2 Å². The summed E-state index contributed by atoms with van der Waals surface area (Å²) in [5.41, 5.74) is 0. The van der Waals surface area contributed by atoms with Crippen molar-refractivity contribution < 1.29 is 28.6 Å². The van der Waals surface area contributed by atoms with Crippen LogP contribution in [0.5, 0.6) is 17.2 Å². The average molecular weight is 238 g/mol. The molecule has 6 heteroatoms. The zero-order valence-electron chi connectivity index (χ0n) is 9.26. The minimum atomic E-state index is -0.540. The van der Waals surface area contributed by atoms with Gasteiger partial charge in [-0.25, -0.2) is 0 Å². The van der Waals surface area contributed by atoms with E-state index in [0.717, 1.165) is 0 Å². The summed E-state index contributed by atoms with van der Waals surface area (Å²) < 4.78 is 14.2. The Morgan fingerprint density at radius 2 is 1.35 bits per heavy atom. The maximum Gasteiger partial charge on any atom is 0.308 e. The van der Waals surface area contributed by atoms with E-state index < -0.39 is 11.9 Å². The van der Waals surface area contributed by atoms with Gasteiger partial charge >= 0.3 is 11.9 Å². The summed E-state index contributed by atoms with van der Waals surface area (Å²) in [4.78, 5) is 31.8. The Balaban J connectivity index is 3.03. The van der Waals surface area contributed by atoms with Crippen LogP contribution in [0.3, 0.4) is 0 Å². The van der Waals surface area contributed by atoms with Gasteiger partial charge in [0.15, 0.2) is 0 Å². The summed E-state index contributed by atoms with van der Waals surface area (Å²) in [6, 6.07) is 3.98. The van der Waals surface area contributed by atoms with Crippen LogP contribution >= 0.6 is 0 Å². The van der Waals surface area contributed by atoms with Crippen molar-refractivity contribution in [2.75, 3.05) is 0 Å². The van der Waals surface area contributed by atoms with E-state index >= 15 is 0 Å². The van der Waals surface area contributed by atoms with Crippen LogP contribution in [0.25, 0.3) is 0 Å². The molecule has 0 spiro atoms. The highest BCUT2D eigenvalue weighted by Crippen LogP contribution is 2.27. The molecular formula is C11H10O6. The molecule has 0 saturated carbocycles. The Morgan fingerprint density at radius 1 is 0.941 bits per heavy atom. The summed E-state index contributed by atoms with van der Waals surface area (Å²) in [5.74, 6) is -0.736. The Labute approximate surface area is 97.1 Å². The molecule has 90 valence electrons. The maximum atomic E-state index is 10.8. The quantitative estimate of drug-likeness (QED) is 0.443. The van der Waals surface area contributed by atoms with E-state index in [9.17, 15) is 14.4 Å². The first-order chi connectivity index (χ1) is 8.01. The maximum absolute atomic E-state index is 10.8. The number of benzene rings is 1. The predicted molar refractivity (Wildman–Crippen MR) is 55.8 cm³/mol. The van der Waals surface area contributed by atoms with E-state index in [4.69, 9.17) is 9.47 Å². The molecule has 0 heterocycles. The fourth-order valence-corrected chi connectivity index (χ4v) is 1.12. The fraction of sp³-hybridized carbons (Fsp3) is 0.182. The van der Waals surface area contributed by atoms with Crippen molar-refractivity contribution in [3.63, 3.8) is 0 Å². The van der Waals surface area contributed by atoms with E-state index in [2.05, 4.69) is 4.74 Å². The highest BCUT2D eigenvalue weighted by molar-refractivity contribution is 5.71. The molecule has 0 aliphatic carbocycles. The Hall–Kier alpha value is -2.37. The lowest BCUT2D eigenvalue weighted by Crippen LogP contribution is -2.04. The number of hydrogen-bond donors (Lipinski definition) is 0. The van der Waals surface area contributed by atoms with Gasteiger partial charge < -0.3 is 14.2 Å². The topological polar surface area (TPSA) is 78.9 Å². The highest BCUT2D eigenvalue weighted by atomic mass is 16.6. The molecule has 0 unspecified atom stereocenters. The van der Waals surface area contributed by atoms with E-state index in [1.165, 1.54) is 32.0 Å². The van der Waals surface area contributed by atoms with Crippen molar-refractivity contribution in [3.05, 3.63) is 18.2 Å². The number of hydrogen-bond acceptors (Lipinski definition) is 6. The van der Waals surface area contributed by atoms with Crippen LogP contribution in [0.15, 0.2) is 18.2 Å². The molecule has 0 N–H and O–H groups in total. The van der Waals surface area contributed by atoms with Crippen molar-refractivity contribution in [1.29, 1.82) is 0 Å². The minimum Gasteiger partial charge on any atom is -0.428 e. The predicted octanol–water partition coefficient (Wildman–Crippen LogP) is 1.07. The van der Waals surface area contributed by atoms with Crippen LogP contribution in [-0.2, 0) is 14.4 Å². The van der Waals surface area contributed by atoms with Gasteiger partial charge in [-0.15, -0.1) is 0 Å². The van der Waals surface area contributed by atoms with Crippen molar-refractivity contribution in [1.82, 2.24) is 0 Å². The van der Waals surface area contributed by atoms with Crippen LogP contribution in [0.2, 0.25) is 0 Å². The van der Waals surface area contributed by atoms with E-state index in [1.807, 2.05) is 0 Å². The SMILES string of the molecule is CC(=O)Oc1cc(OC=O)cc(OC(C)=O)c1. The summed E-state index contributed by atoms with van der Waals surface area (Å²) in [6.45, 7) is 2.65. The van der Waals surface area contributed by atoms with Gasteiger partial charge in [-0.05, 0) is 0 Å². The summed E-state index contributed by atoms with van der Waals surface area (Å²) in [5, 5.41) is 0. The first-order valence-corrected chi connectivity index (χ1v) is 4.63. The fourth-order valence-electron chi connectivity index (χ4n) is 1.12. The van der Waals surface area contributed by atoms with E-state index in [1.54, 1.807) is 0 Å². The van der Waals surface area contributed by atoms with Gasteiger partial charge in [-0.3, -0.25) is 14.4 Å². The lowest BCUT2D eigenvalue weighted by atomic mass is 10.3. The minimum absolute atomic E-state index is 0.106. The second kappa shape index (κ2) is 5.64. The van der Waals surface area contributed by atoms with Gasteiger partial charge in [0.2, 0.25) is 0 Å². The molecule has 1 rings (SSSR count). The van der Waals surface area contributed by atoms with Crippen molar-refractivity contribution in [3.8, 4) is 17.2 Å². The Kier molecular flexibility index (Phi) is 4.21. The zero-order valence-corrected chi connectivity index (χ0v) is 9.26. The molecule has 1 aromatic rings. The summed E-state index contributed by atoms with van der Waals surface area (Å²) in [7, 11) is 0. The van der Waals surface area contributed by atoms with E-state index in [0.29, 0.717) is 0 Å². The average Bonchev–Trinajstić information content (AvgIpc) is 2.14. The van der Waals surface area contributed by atoms with E-state index in [-0.39, 0.29) is 23.7 Å². The number of carbonyl (C=O) groups is 3.